The first-order valence-corrected chi connectivity index (χ1v) is 8.60. The van der Waals surface area contributed by atoms with E-state index < -0.39 is 0 Å². The second kappa shape index (κ2) is 7.61. The van der Waals surface area contributed by atoms with Crippen molar-refractivity contribution < 1.29 is 9.53 Å². The summed E-state index contributed by atoms with van der Waals surface area (Å²) < 4.78 is 7.83. The SMILES string of the molecule is CCCc1nc([C@@H]2CN(C(=O)C[C@H](C)n3cccc3)CCO2)n[nH]1. The summed E-state index contributed by atoms with van der Waals surface area (Å²) in [6.45, 7) is 5.82. The van der Waals surface area contributed by atoms with Crippen molar-refractivity contribution in [3.8, 4) is 0 Å². The molecule has 3 rings (SSSR count). The van der Waals surface area contributed by atoms with Gasteiger partial charge in [-0.2, -0.15) is 5.10 Å². The number of hydrogen-bond donors (Lipinski definition) is 1. The molecule has 0 saturated carbocycles. The third-order valence-corrected chi connectivity index (χ3v) is 4.35. The fourth-order valence-electron chi connectivity index (χ4n) is 2.96. The molecule has 24 heavy (non-hydrogen) atoms. The van der Waals surface area contributed by atoms with E-state index in [-0.39, 0.29) is 18.1 Å². The van der Waals surface area contributed by atoms with Crippen molar-refractivity contribution in [3.05, 3.63) is 36.2 Å². The number of H-pyrrole nitrogens is 1. The highest BCUT2D eigenvalue weighted by Crippen LogP contribution is 2.21. The normalized spacial score (nSPS) is 19.4. The number of aromatic nitrogens is 4. The summed E-state index contributed by atoms with van der Waals surface area (Å²) in [6, 6.07) is 4.10. The summed E-state index contributed by atoms with van der Waals surface area (Å²) in [5.74, 6) is 1.67. The number of amides is 1. The van der Waals surface area contributed by atoms with Crippen molar-refractivity contribution in [2.24, 2.45) is 0 Å². The molecule has 3 heterocycles. The minimum Gasteiger partial charge on any atom is -0.366 e. The fraction of sp³-hybridized carbons (Fsp3) is 0.588. The Morgan fingerprint density at radius 1 is 1.46 bits per heavy atom. The van der Waals surface area contributed by atoms with Crippen LogP contribution >= 0.6 is 0 Å². The summed E-state index contributed by atoms with van der Waals surface area (Å²) >= 11 is 0. The van der Waals surface area contributed by atoms with Gasteiger partial charge in [-0.05, 0) is 25.5 Å². The number of carbonyl (C=O) groups excluding carboxylic acids is 1. The van der Waals surface area contributed by atoms with Crippen LogP contribution in [0.25, 0.3) is 0 Å². The molecule has 2 aromatic rings. The quantitative estimate of drug-likeness (QED) is 0.879. The summed E-state index contributed by atoms with van der Waals surface area (Å²) in [4.78, 5) is 18.9. The number of morpholine rings is 1. The minimum absolute atomic E-state index is 0.147. The Balaban J connectivity index is 1.59. The molecule has 1 saturated heterocycles. The van der Waals surface area contributed by atoms with Gasteiger partial charge in [0.1, 0.15) is 11.9 Å². The Morgan fingerprint density at radius 2 is 2.25 bits per heavy atom. The lowest BCUT2D eigenvalue weighted by Crippen LogP contribution is -2.43. The van der Waals surface area contributed by atoms with E-state index in [2.05, 4.69) is 33.6 Å². The van der Waals surface area contributed by atoms with Crippen molar-refractivity contribution in [2.75, 3.05) is 19.7 Å². The number of aryl methyl sites for hydroxylation is 1. The Morgan fingerprint density at radius 3 is 3.00 bits per heavy atom. The fourth-order valence-corrected chi connectivity index (χ4v) is 2.96. The number of aromatic amines is 1. The van der Waals surface area contributed by atoms with Crippen molar-refractivity contribution in [1.82, 2.24) is 24.6 Å². The molecule has 0 spiro atoms. The highest BCUT2D eigenvalue weighted by molar-refractivity contribution is 5.76. The van der Waals surface area contributed by atoms with E-state index in [1.54, 1.807) is 0 Å². The molecule has 130 valence electrons. The Bertz CT molecular complexity index is 652. The molecule has 1 aliphatic heterocycles. The molecular formula is C17H25N5O2. The molecular weight excluding hydrogens is 306 g/mol. The summed E-state index contributed by atoms with van der Waals surface area (Å²) in [7, 11) is 0. The molecule has 1 amide bonds. The maximum Gasteiger partial charge on any atom is 0.224 e. The molecule has 1 fully saturated rings. The number of nitrogens with one attached hydrogen (secondary N) is 1. The van der Waals surface area contributed by atoms with Crippen LogP contribution in [0.1, 0.15) is 50.5 Å². The first-order valence-electron chi connectivity index (χ1n) is 8.60. The molecule has 0 aromatic carbocycles. The number of hydrogen-bond acceptors (Lipinski definition) is 4. The Hall–Kier alpha value is -2.15. The van der Waals surface area contributed by atoms with Gasteiger partial charge in [0.05, 0.1) is 13.2 Å². The van der Waals surface area contributed by atoms with Crippen LogP contribution in [0.5, 0.6) is 0 Å². The minimum atomic E-state index is -0.244. The number of ether oxygens (including phenoxy) is 1. The van der Waals surface area contributed by atoms with E-state index in [1.807, 2.05) is 29.4 Å². The molecule has 1 N–H and O–H groups in total. The molecule has 0 bridgehead atoms. The summed E-state index contributed by atoms with van der Waals surface area (Å²) in [5.41, 5.74) is 0. The van der Waals surface area contributed by atoms with Gasteiger partial charge in [0.25, 0.3) is 0 Å². The van der Waals surface area contributed by atoms with Gasteiger partial charge in [-0.3, -0.25) is 9.89 Å². The van der Waals surface area contributed by atoms with Crippen LogP contribution in [0, 0.1) is 0 Å². The Labute approximate surface area is 142 Å². The highest BCUT2D eigenvalue weighted by atomic mass is 16.5. The van der Waals surface area contributed by atoms with Crippen molar-refractivity contribution in [2.45, 2.75) is 45.3 Å². The van der Waals surface area contributed by atoms with E-state index in [0.717, 1.165) is 18.7 Å². The molecule has 2 atom stereocenters. The number of carbonyl (C=O) groups is 1. The maximum atomic E-state index is 12.6. The average Bonchev–Trinajstić information content (AvgIpc) is 3.27. The zero-order chi connectivity index (χ0) is 16.9. The number of rotatable bonds is 6. The van der Waals surface area contributed by atoms with Gasteiger partial charge in [0.15, 0.2) is 5.82 Å². The monoisotopic (exact) mass is 331 g/mol. The van der Waals surface area contributed by atoms with Gasteiger partial charge >= 0.3 is 0 Å². The molecule has 1 aliphatic rings. The highest BCUT2D eigenvalue weighted by Gasteiger charge is 2.28. The zero-order valence-electron chi connectivity index (χ0n) is 14.3. The van der Waals surface area contributed by atoms with Crippen LogP contribution in [0.2, 0.25) is 0 Å². The van der Waals surface area contributed by atoms with Gasteiger partial charge in [-0.1, -0.05) is 6.92 Å². The van der Waals surface area contributed by atoms with E-state index in [0.29, 0.717) is 31.9 Å². The molecule has 0 aliphatic carbocycles. The van der Waals surface area contributed by atoms with E-state index in [1.165, 1.54) is 0 Å². The molecule has 0 radical (unpaired) electrons. The van der Waals surface area contributed by atoms with Crippen LogP contribution in [-0.2, 0) is 16.0 Å². The summed E-state index contributed by atoms with van der Waals surface area (Å²) in [5, 5.41) is 7.20. The third-order valence-electron chi connectivity index (χ3n) is 4.35. The second-order valence-corrected chi connectivity index (χ2v) is 6.27. The average molecular weight is 331 g/mol. The lowest BCUT2D eigenvalue weighted by atomic mass is 10.2. The topological polar surface area (TPSA) is 76.0 Å². The third kappa shape index (κ3) is 3.84. The van der Waals surface area contributed by atoms with Crippen LogP contribution in [0.3, 0.4) is 0 Å². The number of nitrogens with zero attached hydrogens (tertiary/aromatic N) is 4. The lowest BCUT2D eigenvalue weighted by molar-refractivity contribution is -0.140. The van der Waals surface area contributed by atoms with Gasteiger partial charge in [0.2, 0.25) is 5.91 Å². The van der Waals surface area contributed by atoms with E-state index in [4.69, 9.17) is 4.74 Å². The molecule has 0 unspecified atom stereocenters. The predicted octanol–water partition coefficient (Wildman–Crippen LogP) is 2.11. The van der Waals surface area contributed by atoms with E-state index in [9.17, 15) is 4.79 Å². The largest absolute Gasteiger partial charge is 0.366 e. The van der Waals surface area contributed by atoms with Crippen molar-refractivity contribution in [1.29, 1.82) is 0 Å². The van der Waals surface area contributed by atoms with Crippen LogP contribution in [0.4, 0.5) is 0 Å². The van der Waals surface area contributed by atoms with Crippen LogP contribution in [0.15, 0.2) is 24.5 Å². The predicted molar refractivity (Wildman–Crippen MR) is 89.4 cm³/mol. The maximum absolute atomic E-state index is 12.6. The second-order valence-electron chi connectivity index (χ2n) is 6.27. The van der Waals surface area contributed by atoms with Gasteiger partial charge in [-0.25, -0.2) is 4.98 Å². The molecule has 2 aromatic heterocycles. The van der Waals surface area contributed by atoms with Crippen LogP contribution < -0.4 is 0 Å². The lowest BCUT2D eigenvalue weighted by Gasteiger charge is -2.32. The Kier molecular flexibility index (Phi) is 5.30. The molecule has 7 nitrogen and oxygen atoms in total. The van der Waals surface area contributed by atoms with Gasteiger partial charge < -0.3 is 14.2 Å². The van der Waals surface area contributed by atoms with Gasteiger partial charge in [-0.15, -0.1) is 0 Å². The smallest absolute Gasteiger partial charge is 0.224 e. The first-order chi connectivity index (χ1) is 11.7. The van der Waals surface area contributed by atoms with Crippen molar-refractivity contribution in [3.63, 3.8) is 0 Å². The zero-order valence-corrected chi connectivity index (χ0v) is 14.3. The van der Waals surface area contributed by atoms with Crippen molar-refractivity contribution >= 4 is 5.91 Å². The molecule has 7 heteroatoms. The summed E-state index contributed by atoms with van der Waals surface area (Å²) in [6.07, 6.45) is 6.10. The first kappa shape index (κ1) is 16.7. The van der Waals surface area contributed by atoms with Gasteiger partial charge in [0, 0.05) is 37.8 Å². The van der Waals surface area contributed by atoms with E-state index >= 15 is 0 Å². The van der Waals surface area contributed by atoms with Crippen LogP contribution in [-0.4, -0.2) is 50.3 Å². The standard InChI is InChI=1S/C17H25N5O2/c1-3-6-15-18-17(20-19-15)14-12-22(9-10-24-14)16(23)11-13(2)21-7-4-5-8-21/h4-5,7-8,13-14H,3,6,9-12H2,1-2H3,(H,18,19,20)/t13-,14-/m0/s1.